The number of nitrogens with zero attached hydrogens (tertiary/aromatic N) is 2. The van der Waals surface area contributed by atoms with Crippen molar-refractivity contribution in [1.82, 2.24) is 9.97 Å². The van der Waals surface area contributed by atoms with E-state index < -0.39 is 12.0 Å². The highest BCUT2D eigenvalue weighted by atomic mass is 32.1. The van der Waals surface area contributed by atoms with Crippen LogP contribution < -0.4 is 0 Å². The zero-order chi connectivity index (χ0) is 9.90. The molecule has 1 aromatic heterocycles. The van der Waals surface area contributed by atoms with Crippen molar-refractivity contribution in [1.29, 1.82) is 0 Å². The molecule has 0 unspecified atom stereocenters. The SMILES string of the molecule is FC(F)(F)c1ncc(C#CS)cn1. The van der Waals surface area contributed by atoms with Crippen molar-refractivity contribution in [3.63, 3.8) is 0 Å². The number of halogens is 3. The third kappa shape index (κ3) is 2.63. The number of rotatable bonds is 0. The fourth-order valence-electron chi connectivity index (χ4n) is 0.604. The van der Waals surface area contributed by atoms with Gasteiger partial charge in [0.1, 0.15) is 0 Å². The molecule has 0 aliphatic rings. The van der Waals surface area contributed by atoms with Crippen LogP contribution in [0.4, 0.5) is 13.2 Å². The van der Waals surface area contributed by atoms with Crippen LogP contribution in [0.25, 0.3) is 0 Å². The van der Waals surface area contributed by atoms with Crippen molar-refractivity contribution < 1.29 is 13.2 Å². The maximum Gasteiger partial charge on any atom is 0.451 e. The summed E-state index contributed by atoms with van der Waals surface area (Å²) in [5.41, 5.74) is 0.294. The van der Waals surface area contributed by atoms with Crippen molar-refractivity contribution in [3.8, 4) is 11.2 Å². The lowest BCUT2D eigenvalue weighted by Crippen LogP contribution is -2.10. The van der Waals surface area contributed by atoms with E-state index >= 15 is 0 Å². The molecule has 0 amide bonds. The molecule has 0 saturated carbocycles. The van der Waals surface area contributed by atoms with Crippen LogP contribution in [0.1, 0.15) is 11.4 Å². The van der Waals surface area contributed by atoms with E-state index in [-0.39, 0.29) is 0 Å². The second-order valence-corrected chi connectivity index (χ2v) is 2.25. The molecule has 0 radical (unpaired) electrons. The normalized spacial score (nSPS) is 10.5. The Labute approximate surface area is 77.6 Å². The van der Waals surface area contributed by atoms with E-state index in [4.69, 9.17) is 0 Å². The van der Waals surface area contributed by atoms with Gasteiger partial charge < -0.3 is 0 Å². The first kappa shape index (κ1) is 9.86. The molecule has 1 heterocycles. The second-order valence-electron chi connectivity index (χ2n) is 2.03. The molecule has 0 atom stereocenters. The minimum atomic E-state index is -4.51. The Morgan fingerprint density at radius 2 is 1.77 bits per heavy atom. The summed E-state index contributed by atoms with van der Waals surface area (Å²) in [6.07, 6.45) is -2.51. The minimum Gasteiger partial charge on any atom is -0.232 e. The number of hydrogen-bond acceptors (Lipinski definition) is 3. The molecule has 0 spiro atoms. The monoisotopic (exact) mass is 204 g/mol. The molecule has 68 valence electrons. The first-order valence-corrected chi connectivity index (χ1v) is 3.53. The van der Waals surface area contributed by atoms with Gasteiger partial charge >= 0.3 is 6.18 Å². The molecule has 0 aliphatic carbocycles. The summed E-state index contributed by atoms with van der Waals surface area (Å²) in [4.78, 5) is 6.19. The summed E-state index contributed by atoms with van der Waals surface area (Å²) in [5, 5.41) is 2.23. The molecular weight excluding hydrogens is 201 g/mol. The maximum absolute atomic E-state index is 11.9. The molecule has 0 bridgehead atoms. The van der Waals surface area contributed by atoms with Crippen molar-refractivity contribution in [3.05, 3.63) is 23.8 Å². The summed E-state index contributed by atoms with van der Waals surface area (Å²) in [7, 11) is 0. The lowest BCUT2D eigenvalue weighted by atomic mass is 10.3. The molecule has 0 aromatic carbocycles. The Kier molecular flexibility index (Phi) is 2.78. The standard InChI is InChI=1S/C7H3F3N2S/c8-7(9,10)6-11-3-5(1-2-13)4-12-6/h3-4,13H. The Bertz CT molecular complexity index is 347. The van der Waals surface area contributed by atoms with Crippen molar-refractivity contribution in [2.75, 3.05) is 0 Å². The van der Waals surface area contributed by atoms with Crippen LogP contribution in [0.15, 0.2) is 12.4 Å². The van der Waals surface area contributed by atoms with E-state index in [1.165, 1.54) is 0 Å². The maximum atomic E-state index is 11.9. The van der Waals surface area contributed by atoms with Crippen LogP contribution in [-0.4, -0.2) is 9.97 Å². The Morgan fingerprint density at radius 3 is 2.15 bits per heavy atom. The van der Waals surface area contributed by atoms with Gasteiger partial charge in [0.15, 0.2) is 0 Å². The molecule has 1 aromatic rings. The second kappa shape index (κ2) is 3.66. The summed E-state index contributed by atoms with van der Waals surface area (Å²) >= 11 is 3.58. The number of aromatic nitrogens is 2. The first-order chi connectivity index (χ1) is 6.04. The topological polar surface area (TPSA) is 25.8 Å². The average Bonchev–Trinajstić information content (AvgIpc) is 2.04. The van der Waals surface area contributed by atoms with Gasteiger partial charge in [0.05, 0.1) is 5.56 Å². The highest BCUT2D eigenvalue weighted by Crippen LogP contribution is 2.25. The van der Waals surface area contributed by atoms with Gasteiger partial charge in [-0.1, -0.05) is 18.5 Å². The molecule has 1 rings (SSSR count). The van der Waals surface area contributed by atoms with Crippen LogP contribution in [0, 0.1) is 11.2 Å². The van der Waals surface area contributed by atoms with Crippen molar-refractivity contribution in [2.24, 2.45) is 0 Å². The third-order valence-corrected chi connectivity index (χ3v) is 1.22. The van der Waals surface area contributed by atoms with Crippen LogP contribution in [0.3, 0.4) is 0 Å². The molecule has 0 aliphatic heterocycles. The Morgan fingerprint density at radius 1 is 1.23 bits per heavy atom. The van der Waals surface area contributed by atoms with Crippen LogP contribution >= 0.6 is 12.6 Å². The van der Waals surface area contributed by atoms with E-state index in [0.29, 0.717) is 5.56 Å². The van der Waals surface area contributed by atoms with Gasteiger partial charge in [0.2, 0.25) is 5.82 Å². The molecule has 2 nitrogen and oxygen atoms in total. The van der Waals surface area contributed by atoms with Crippen LogP contribution in [-0.2, 0) is 6.18 Å². The van der Waals surface area contributed by atoms with E-state index in [1.54, 1.807) is 0 Å². The van der Waals surface area contributed by atoms with E-state index in [0.717, 1.165) is 12.4 Å². The highest BCUT2D eigenvalue weighted by molar-refractivity contribution is 7.85. The smallest absolute Gasteiger partial charge is 0.232 e. The molecule has 0 N–H and O–H groups in total. The van der Waals surface area contributed by atoms with Gasteiger partial charge in [-0.15, -0.1) is 0 Å². The molecule has 0 saturated heterocycles. The summed E-state index contributed by atoms with van der Waals surface area (Å²) in [6.45, 7) is 0. The zero-order valence-electron chi connectivity index (χ0n) is 6.13. The summed E-state index contributed by atoms with van der Waals surface area (Å²) < 4.78 is 35.8. The largest absolute Gasteiger partial charge is 0.451 e. The lowest BCUT2D eigenvalue weighted by Gasteiger charge is -2.02. The quantitative estimate of drug-likeness (QED) is 0.514. The summed E-state index contributed by atoms with van der Waals surface area (Å²) in [6, 6.07) is 0. The van der Waals surface area contributed by atoms with Gasteiger partial charge in [-0.05, 0) is 5.25 Å². The number of hydrogen-bond donors (Lipinski definition) is 1. The third-order valence-electron chi connectivity index (χ3n) is 1.11. The van der Waals surface area contributed by atoms with Crippen molar-refractivity contribution in [2.45, 2.75) is 6.18 Å². The summed E-state index contributed by atoms with van der Waals surface area (Å²) in [5.74, 6) is 1.24. The fraction of sp³-hybridized carbons (Fsp3) is 0.143. The van der Waals surface area contributed by atoms with Gasteiger partial charge in [-0.25, -0.2) is 9.97 Å². The van der Waals surface area contributed by atoms with Crippen molar-refractivity contribution >= 4 is 12.6 Å². The van der Waals surface area contributed by atoms with Crippen LogP contribution in [0.5, 0.6) is 0 Å². The molecule has 0 fully saturated rings. The van der Waals surface area contributed by atoms with E-state index in [1.807, 2.05) is 0 Å². The van der Waals surface area contributed by atoms with Gasteiger partial charge in [0, 0.05) is 12.4 Å². The number of alkyl halides is 3. The molecule has 13 heavy (non-hydrogen) atoms. The number of thiol groups is 1. The predicted octanol–water partition coefficient (Wildman–Crippen LogP) is 1.73. The molecular formula is C7H3F3N2S. The first-order valence-electron chi connectivity index (χ1n) is 3.08. The van der Waals surface area contributed by atoms with Gasteiger partial charge in [-0.2, -0.15) is 13.2 Å². The van der Waals surface area contributed by atoms with Gasteiger partial charge in [0.25, 0.3) is 0 Å². The zero-order valence-corrected chi connectivity index (χ0v) is 7.02. The average molecular weight is 204 g/mol. The minimum absolute atomic E-state index is 0.294. The highest BCUT2D eigenvalue weighted by Gasteiger charge is 2.34. The molecule has 6 heteroatoms. The Balaban J connectivity index is 2.98. The Hall–Kier alpha value is -1.22. The predicted molar refractivity (Wildman–Crippen MR) is 42.9 cm³/mol. The van der Waals surface area contributed by atoms with E-state index in [2.05, 4.69) is 33.8 Å². The van der Waals surface area contributed by atoms with Gasteiger partial charge in [-0.3, -0.25) is 0 Å². The fourth-order valence-corrected chi connectivity index (χ4v) is 0.733. The van der Waals surface area contributed by atoms with E-state index in [9.17, 15) is 13.2 Å². The van der Waals surface area contributed by atoms with Crippen LogP contribution in [0.2, 0.25) is 0 Å². The lowest BCUT2D eigenvalue weighted by molar-refractivity contribution is -0.145.